The topological polar surface area (TPSA) is 134 Å². The minimum Gasteiger partial charge on any atom is -0.462 e. The molecule has 330 valence electrons. The van der Waals surface area contributed by atoms with Crippen LogP contribution in [0.5, 0.6) is 0 Å². The average Bonchev–Trinajstić information content (AvgIpc) is 3.20. The number of hydrogen-bond donors (Lipinski definition) is 2. The fraction of sp³-hybridized carbons (Fsp3) is 0.745. The molecule has 1 unspecified atom stereocenters. The average molecular weight is 822 g/mol. The Morgan fingerprint density at radius 1 is 0.526 bits per heavy atom. The minimum atomic E-state index is -4.39. The van der Waals surface area contributed by atoms with E-state index < -0.39 is 32.5 Å². The molecule has 0 aliphatic rings. The number of esters is 2. The van der Waals surface area contributed by atoms with Gasteiger partial charge in [-0.15, -0.1) is 0 Å². The molecule has 9 nitrogen and oxygen atoms in total. The van der Waals surface area contributed by atoms with E-state index in [-0.39, 0.29) is 32.6 Å². The number of carbonyl (C=O) groups is 2. The molecule has 0 rings (SSSR count). The van der Waals surface area contributed by atoms with Gasteiger partial charge in [-0.1, -0.05) is 164 Å². The van der Waals surface area contributed by atoms with E-state index in [0.717, 1.165) is 51.4 Å². The van der Waals surface area contributed by atoms with E-state index in [1.54, 1.807) is 0 Å². The van der Waals surface area contributed by atoms with E-state index in [1.165, 1.54) is 103 Å². The van der Waals surface area contributed by atoms with E-state index in [4.69, 9.17) is 24.3 Å². The summed E-state index contributed by atoms with van der Waals surface area (Å²) in [5.41, 5.74) is 5.35. The van der Waals surface area contributed by atoms with Crippen molar-refractivity contribution in [3.63, 3.8) is 0 Å². The Labute approximate surface area is 349 Å². The molecule has 0 amide bonds. The summed E-state index contributed by atoms with van der Waals surface area (Å²) in [5, 5.41) is 0. The molecular weight excluding hydrogens is 737 g/mol. The molecule has 0 saturated heterocycles. The summed E-state index contributed by atoms with van der Waals surface area (Å²) >= 11 is 0. The van der Waals surface area contributed by atoms with Crippen LogP contribution in [0.25, 0.3) is 0 Å². The number of nitrogens with two attached hydrogens (primary N) is 1. The van der Waals surface area contributed by atoms with Gasteiger partial charge in [-0.25, -0.2) is 4.57 Å². The lowest BCUT2D eigenvalue weighted by Gasteiger charge is -2.19. The summed E-state index contributed by atoms with van der Waals surface area (Å²) in [6.07, 6.45) is 51.2. The van der Waals surface area contributed by atoms with Crippen molar-refractivity contribution < 1.29 is 37.6 Å². The second-order valence-electron chi connectivity index (χ2n) is 14.9. The van der Waals surface area contributed by atoms with Gasteiger partial charge in [0.15, 0.2) is 6.10 Å². The predicted octanol–water partition coefficient (Wildman–Crippen LogP) is 13.3. The first-order valence-electron chi connectivity index (χ1n) is 22.8. The molecular formula is C47H84NO8P. The third-order valence-electron chi connectivity index (χ3n) is 9.38. The Bertz CT molecular complexity index is 1120. The lowest BCUT2D eigenvalue weighted by atomic mass is 10.1. The number of hydrogen-bond acceptors (Lipinski definition) is 8. The molecule has 0 aromatic carbocycles. The highest BCUT2D eigenvalue weighted by Crippen LogP contribution is 2.43. The van der Waals surface area contributed by atoms with E-state index in [0.29, 0.717) is 12.8 Å². The normalized spacial score (nSPS) is 13.8. The zero-order chi connectivity index (χ0) is 41.8. The van der Waals surface area contributed by atoms with Crippen molar-refractivity contribution in [2.24, 2.45) is 5.73 Å². The van der Waals surface area contributed by atoms with E-state index in [9.17, 15) is 19.0 Å². The van der Waals surface area contributed by atoms with Crippen LogP contribution in [0.3, 0.4) is 0 Å². The Morgan fingerprint density at radius 2 is 0.930 bits per heavy atom. The largest absolute Gasteiger partial charge is 0.472 e. The van der Waals surface area contributed by atoms with Crippen LogP contribution in [0.1, 0.15) is 194 Å². The molecule has 0 bridgehead atoms. The van der Waals surface area contributed by atoms with Gasteiger partial charge in [-0.05, 0) is 77.0 Å². The van der Waals surface area contributed by atoms with Crippen LogP contribution < -0.4 is 5.73 Å². The van der Waals surface area contributed by atoms with E-state index in [2.05, 4.69) is 74.6 Å². The lowest BCUT2D eigenvalue weighted by molar-refractivity contribution is -0.161. The summed E-state index contributed by atoms with van der Waals surface area (Å²) in [6, 6.07) is 0. The number of carbonyl (C=O) groups excluding carboxylic acids is 2. The molecule has 10 heteroatoms. The summed E-state index contributed by atoms with van der Waals surface area (Å²) in [4.78, 5) is 34.9. The second kappa shape index (κ2) is 43.3. The van der Waals surface area contributed by atoms with Crippen LogP contribution in [0.15, 0.2) is 60.8 Å². The summed E-state index contributed by atoms with van der Waals surface area (Å²) in [7, 11) is -4.39. The highest BCUT2D eigenvalue weighted by atomic mass is 31.2. The number of unbranched alkanes of at least 4 members (excludes halogenated alkanes) is 19. The zero-order valence-electron chi connectivity index (χ0n) is 36.3. The van der Waals surface area contributed by atoms with Gasteiger partial charge in [-0.2, -0.15) is 0 Å². The van der Waals surface area contributed by atoms with Crippen LogP contribution in [-0.4, -0.2) is 49.3 Å². The Kier molecular flexibility index (Phi) is 41.6. The van der Waals surface area contributed by atoms with Gasteiger partial charge in [0, 0.05) is 19.4 Å². The number of phosphoric acid groups is 1. The highest BCUT2D eigenvalue weighted by molar-refractivity contribution is 7.47. The molecule has 3 N–H and O–H groups in total. The maximum absolute atomic E-state index is 12.6. The van der Waals surface area contributed by atoms with Gasteiger partial charge in [0.1, 0.15) is 6.61 Å². The third kappa shape index (κ3) is 43.1. The Morgan fingerprint density at radius 3 is 1.44 bits per heavy atom. The minimum absolute atomic E-state index is 0.0434. The molecule has 0 aliphatic heterocycles. The number of phosphoric ester groups is 1. The van der Waals surface area contributed by atoms with Crippen molar-refractivity contribution in [3.8, 4) is 0 Å². The van der Waals surface area contributed by atoms with Gasteiger partial charge >= 0.3 is 19.8 Å². The molecule has 0 saturated carbocycles. The van der Waals surface area contributed by atoms with Crippen LogP contribution in [0.4, 0.5) is 0 Å². The van der Waals surface area contributed by atoms with Crippen molar-refractivity contribution >= 4 is 19.8 Å². The molecule has 0 heterocycles. The van der Waals surface area contributed by atoms with Crippen molar-refractivity contribution in [1.29, 1.82) is 0 Å². The Balaban J connectivity index is 4.23. The molecule has 0 aromatic heterocycles. The standard InChI is InChI=1S/C47H84NO8P/c1-3-5-7-9-11-13-15-17-19-20-21-22-23-24-26-27-29-31-33-35-37-39-46(49)53-43-45(44-55-57(51,52)54-42-41-48)56-47(50)40-38-36-34-32-30-28-25-18-16-14-12-10-8-6-4-2/h14,16,19-20,22-23,26-27,31,33,45H,3-13,15,17-18,21,24-25,28-30,32,34-44,48H2,1-2H3,(H,51,52)/b16-14+,20-19+,23-22+,27-26+,33-31+/t45-/m0/s1. The number of ether oxygens (including phenoxy) is 2. The van der Waals surface area contributed by atoms with Crippen molar-refractivity contribution in [2.75, 3.05) is 26.4 Å². The number of rotatable bonds is 42. The fourth-order valence-electron chi connectivity index (χ4n) is 5.97. The Hall–Kier alpha value is -2.29. The summed E-state index contributed by atoms with van der Waals surface area (Å²) < 4.78 is 32.7. The van der Waals surface area contributed by atoms with Crippen LogP contribution in [0, 0.1) is 0 Å². The molecule has 0 aliphatic carbocycles. The first-order valence-corrected chi connectivity index (χ1v) is 24.3. The fourth-order valence-corrected chi connectivity index (χ4v) is 6.74. The predicted molar refractivity (Wildman–Crippen MR) is 238 cm³/mol. The van der Waals surface area contributed by atoms with Gasteiger partial charge in [0.05, 0.1) is 13.2 Å². The van der Waals surface area contributed by atoms with Crippen LogP contribution in [-0.2, 0) is 32.7 Å². The maximum atomic E-state index is 12.6. The molecule has 57 heavy (non-hydrogen) atoms. The maximum Gasteiger partial charge on any atom is 0.472 e. The summed E-state index contributed by atoms with van der Waals surface area (Å²) in [5.74, 6) is -0.901. The first kappa shape index (κ1) is 54.7. The molecule has 0 aromatic rings. The van der Waals surface area contributed by atoms with Gasteiger partial charge in [-0.3, -0.25) is 18.6 Å². The van der Waals surface area contributed by atoms with Crippen LogP contribution >= 0.6 is 7.82 Å². The van der Waals surface area contributed by atoms with Crippen LogP contribution in [0.2, 0.25) is 0 Å². The van der Waals surface area contributed by atoms with Crippen molar-refractivity contribution in [3.05, 3.63) is 60.8 Å². The number of allylic oxidation sites excluding steroid dienone is 10. The van der Waals surface area contributed by atoms with Gasteiger partial charge < -0.3 is 20.1 Å². The van der Waals surface area contributed by atoms with Crippen molar-refractivity contribution in [1.82, 2.24) is 0 Å². The SMILES string of the molecule is CCCCCC/C=C/CCCCCCCCCC(=O)O[C@@H](COC(=O)CCC/C=C/C/C=C/C/C=C/C/C=C/CCCCCCCCC)COP(=O)(O)OCCN. The first-order chi connectivity index (χ1) is 27.8. The molecule has 0 fully saturated rings. The van der Waals surface area contributed by atoms with E-state index in [1.807, 2.05) is 0 Å². The summed E-state index contributed by atoms with van der Waals surface area (Å²) in [6.45, 7) is 3.65. The highest BCUT2D eigenvalue weighted by Gasteiger charge is 2.26. The quantitative estimate of drug-likeness (QED) is 0.0267. The second-order valence-corrected chi connectivity index (χ2v) is 16.4. The third-order valence-corrected chi connectivity index (χ3v) is 10.4. The van der Waals surface area contributed by atoms with E-state index >= 15 is 0 Å². The smallest absolute Gasteiger partial charge is 0.462 e. The zero-order valence-corrected chi connectivity index (χ0v) is 37.2. The molecule has 2 atom stereocenters. The molecule has 0 radical (unpaired) electrons. The van der Waals surface area contributed by atoms with Crippen molar-refractivity contribution in [2.45, 2.75) is 200 Å². The van der Waals surface area contributed by atoms with Gasteiger partial charge in [0.2, 0.25) is 0 Å². The lowest BCUT2D eigenvalue weighted by Crippen LogP contribution is -2.29. The molecule has 0 spiro atoms. The monoisotopic (exact) mass is 822 g/mol. The van der Waals surface area contributed by atoms with Gasteiger partial charge in [0.25, 0.3) is 0 Å².